The molecule has 5 heteroatoms. The van der Waals surface area contributed by atoms with Gasteiger partial charge in [0.15, 0.2) is 0 Å². The van der Waals surface area contributed by atoms with Crippen molar-refractivity contribution >= 4 is 33.0 Å². The van der Waals surface area contributed by atoms with E-state index in [0.29, 0.717) is 12.2 Å². The third-order valence-corrected chi connectivity index (χ3v) is 4.02. The van der Waals surface area contributed by atoms with Gasteiger partial charge in [0.05, 0.1) is 17.9 Å². The van der Waals surface area contributed by atoms with Crippen LogP contribution in [-0.4, -0.2) is 4.98 Å². The Hall–Kier alpha value is -0.940. The molecule has 0 aliphatic rings. The van der Waals surface area contributed by atoms with Gasteiger partial charge in [0.1, 0.15) is 10.8 Å². The number of anilines is 1. The number of nitrogens with zero attached hydrogens (tertiary/aromatic N) is 1. The van der Waals surface area contributed by atoms with E-state index in [1.165, 1.54) is 6.07 Å². The first-order valence-electron chi connectivity index (χ1n) is 6.00. The van der Waals surface area contributed by atoms with E-state index >= 15 is 0 Å². The van der Waals surface area contributed by atoms with E-state index in [1.807, 2.05) is 6.07 Å². The second-order valence-electron chi connectivity index (χ2n) is 5.35. The van der Waals surface area contributed by atoms with Gasteiger partial charge in [-0.05, 0) is 18.2 Å². The molecule has 0 radical (unpaired) electrons. The maximum atomic E-state index is 13.6. The minimum atomic E-state index is -0.262. The fourth-order valence-electron chi connectivity index (χ4n) is 1.54. The van der Waals surface area contributed by atoms with E-state index in [2.05, 4.69) is 52.4 Å². The van der Waals surface area contributed by atoms with Gasteiger partial charge in [0.2, 0.25) is 0 Å². The smallest absolute Gasteiger partial charge is 0.147 e. The average molecular weight is 343 g/mol. The molecule has 0 saturated heterocycles. The second kappa shape index (κ2) is 5.59. The molecule has 1 aromatic carbocycles. The summed E-state index contributed by atoms with van der Waals surface area (Å²) in [5.41, 5.74) is 1.62. The number of hydrogen-bond donors (Lipinski definition) is 1. The third kappa shape index (κ3) is 3.76. The van der Waals surface area contributed by atoms with Gasteiger partial charge < -0.3 is 5.32 Å². The Labute approximate surface area is 125 Å². The number of halogens is 2. The summed E-state index contributed by atoms with van der Waals surface area (Å²) in [7, 11) is 0. The maximum absolute atomic E-state index is 13.6. The Bertz CT molecular complexity index is 575. The molecule has 0 unspecified atom stereocenters. The molecule has 102 valence electrons. The van der Waals surface area contributed by atoms with Gasteiger partial charge in [0, 0.05) is 15.3 Å². The first kappa shape index (κ1) is 14.5. The molecule has 0 aliphatic carbocycles. The van der Waals surface area contributed by atoms with Gasteiger partial charge in [0.25, 0.3) is 0 Å². The van der Waals surface area contributed by atoms with Gasteiger partial charge in [-0.1, -0.05) is 36.7 Å². The number of aromatic nitrogens is 1. The molecule has 2 nitrogen and oxygen atoms in total. The summed E-state index contributed by atoms with van der Waals surface area (Å²) in [6.45, 7) is 6.94. The summed E-state index contributed by atoms with van der Waals surface area (Å²) in [5, 5.41) is 6.10. The lowest BCUT2D eigenvalue weighted by atomic mass is 9.93. The third-order valence-electron chi connectivity index (χ3n) is 2.68. The standard InChI is InChI=1S/C14H16BrFN2S/c1-14(2,3)12-8-19-13(18-12)7-17-11-5-4-9(15)6-10(11)16/h4-6,8,17H,7H2,1-3H3. The van der Waals surface area contributed by atoms with Crippen molar-refractivity contribution in [3.63, 3.8) is 0 Å². The molecule has 1 N–H and O–H groups in total. The van der Waals surface area contributed by atoms with Crippen LogP contribution in [0.15, 0.2) is 28.1 Å². The Morgan fingerprint density at radius 3 is 2.68 bits per heavy atom. The van der Waals surface area contributed by atoms with E-state index in [4.69, 9.17) is 0 Å². The molecule has 0 bridgehead atoms. The van der Waals surface area contributed by atoms with Crippen LogP contribution >= 0.6 is 27.3 Å². The zero-order valence-electron chi connectivity index (χ0n) is 11.1. The predicted octanol–water partition coefficient (Wildman–Crippen LogP) is 4.95. The minimum absolute atomic E-state index is 0.0532. The van der Waals surface area contributed by atoms with Gasteiger partial charge in [-0.25, -0.2) is 9.37 Å². The number of hydrogen-bond acceptors (Lipinski definition) is 3. The summed E-state index contributed by atoms with van der Waals surface area (Å²) in [5.74, 6) is -0.262. The Kier molecular flexibility index (Phi) is 4.26. The quantitative estimate of drug-likeness (QED) is 0.853. The second-order valence-corrected chi connectivity index (χ2v) is 7.21. The first-order valence-corrected chi connectivity index (χ1v) is 7.67. The van der Waals surface area contributed by atoms with Crippen molar-refractivity contribution in [2.45, 2.75) is 32.7 Å². The van der Waals surface area contributed by atoms with E-state index in [0.717, 1.165) is 15.2 Å². The van der Waals surface area contributed by atoms with Crippen LogP contribution in [0.5, 0.6) is 0 Å². The molecule has 0 fully saturated rings. The van der Waals surface area contributed by atoms with Crippen LogP contribution in [0, 0.1) is 5.82 Å². The van der Waals surface area contributed by atoms with Gasteiger partial charge >= 0.3 is 0 Å². The molecule has 0 saturated carbocycles. The normalized spacial score (nSPS) is 11.6. The van der Waals surface area contributed by atoms with Gasteiger partial charge in [-0.2, -0.15) is 0 Å². The van der Waals surface area contributed by atoms with Gasteiger partial charge in [-0.3, -0.25) is 0 Å². The fraction of sp³-hybridized carbons (Fsp3) is 0.357. The van der Waals surface area contributed by atoms with Crippen molar-refractivity contribution < 1.29 is 4.39 Å². The van der Waals surface area contributed by atoms with Crippen molar-refractivity contribution in [2.75, 3.05) is 5.32 Å². The highest BCUT2D eigenvalue weighted by Gasteiger charge is 2.17. The minimum Gasteiger partial charge on any atom is -0.376 e. The lowest BCUT2D eigenvalue weighted by molar-refractivity contribution is 0.571. The predicted molar refractivity (Wildman–Crippen MR) is 82.2 cm³/mol. The van der Waals surface area contributed by atoms with Crippen LogP contribution in [0.4, 0.5) is 10.1 Å². The molecule has 19 heavy (non-hydrogen) atoms. The number of benzene rings is 1. The number of thiazole rings is 1. The molecule has 1 heterocycles. The average Bonchev–Trinajstić information content (AvgIpc) is 2.76. The Morgan fingerprint density at radius 1 is 1.37 bits per heavy atom. The molecule has 2 rings (SSSR count). The fourth-order valence-corrected chi connectivity index (χ4v) is 2.83. The summed E-state index contributed by atoms with van der Waals surface area (Å²) in [6, 6.07) is 4.98. The van der Waals surface area contributed by atoms with Crippen LogP contribution in [0.25, 0.3) is 0 Å². The highest BCUT2D eigenvalue weighted by Crippen LogP contribution is 2.25. The Morgan fingerprint density at radius 2 is 2.11 bits per heavy atom. The zero-order chi connectivity index (χ0) is 14.0. The highest BCUT2D eigenvalue weighted by atomic mass is 79.9. The monoisotopic (exact) mass is 342 g/mol. The van der Waals surface area contributed by atoms with Crippen LogP contribution in [0.1, 0.15) is 31.5 Å². The molecule has 2 aromatic rings. The van der Waals surface area contributed by atoms with Crippen molar-refractivity contribution in [3.05, 3.63) is 44.6 Å². The highest BCUT2D eigenvalue weighted by molar-refractivity contribution is 9.10. The van der Waals surface area contributed by atoms with Crippen molar-refractivity contribution in [3.8, 4) is 0 Å². The van der Waals surface area contributed by atoms with Crippen molar-refractivity contribution in [1.82, 2.24) is 4.98 Å². The largest absolute Gasteiger partial charge is 0.376 e. The van der Waals surface area contributed by atoms with Crippen LogP contribution in [-0.2, 0) is 12.0 Å². The number of rotatable bonds is 3. The lowest BCUT2D eigenvalue weighted by Gasteiger charge is -2.14. The molecule has 1 aromatic heterocycles. The van der Waals surface area contributed by atoms with Crippen molar-refractivity contribution in [1.29, 1.82) is 0 Å². The maximum Gasteiger partial charge on any atom is 0.147 e. The number of nitrogens with one attached hydrogen (secondary N) is 1. The van der Waals surface area contributed by atoms with E-state index in [9.17, 15) is 4.39 Å². The molecule has 0 spiro atoms. The van der Waals surface area contributed by atoms with Crippen LogP contribution in [0.2, 0.25) is 0 Å². The molecule has 0 amide bonds. The van der Waals surface area contributed by atoms with Crippen LogP contribution in [0.3, 0.4) is 0 Å². The molecule has 0 atom stereocenters. The topological polar surface area (TPSA) is 24.9 Å². The SMILES string of the molecule is CC(C)(C)c1csc(CNc2ccc(Br)cc2F)n1. The summed E-state index contributed by atoms with van der Waals surface area (Å²) in [6.07, 6.45) is 0. The summed E-state index contributed by atoms with van der Waals surface area (Å²) < 4.78 is 14.4. The summed E-state index contributed by atoms with van der Waals surface area (Å²) in [4.78, 5) is 4.57. The Balaban J connectivity index is 2.04. The van der Waals surface area contributed by atoms with Gasteiger partial charge in [-0.15, -0.1) is 11.3 Å². The molecule has 0 aliphatic heterocycles. The molecular formula is C14H16BrFN2S. The van der Waals surface area contributed by atoms with Crippen LogP contribution < -0.4 is 5.32 Å². The first-order chi connectivity index (χ1) is 8.86. The van der Waals surface area contributed by atoms with E-state index < -0.39 is 0 Å². The zero-order valence-corrected chi connectivity index (χ0v) is 13.5. The summed E-state index contributed by atoms with van der Waals surface area (Å²) >= 11 is 4.84. The molecular weight excluding hydrogens is 327 g/mol. The van der Waals surface area contributed by atoms with E-state index in [1.54, 1.807) is 17.4 Å². The van der Waals surface area contributed by atoms with Crippen molar-refractivity contribution in [2.24, 2.45) is 0 Å². The van der Waals surface area contributed by atoms with E-state index in [-0.39, 0.29) is 11.2 Å². The lowest BCUT2D eigenvalue weighted by Crippen LogP contribution is -2.12.